The van der Waals surface area contributed by atoms with E-state index in [9.17, 15) is 26.7 Å². The van der Waals surface area contributed by atoms with Gasteiger partial charge >= 0.3 is 6.18 Å². The lowest BCUT2D eigenvalue weighted by atomic mass is 9.98. The predicted molar refractivity (Wildman–Crippen MR) is 127 cm³/mol. The molecule has 0 aliphatic heterocycles. The Labute approximate surface area is 200 Å². The second kappa shape index (κ2) is 10.0. The lowest BCUT2D eigenvalue weighted by molar-refractivity contribution is -0.137. The number of aromatic nitrogens is 3. The van der Waals surface area contributed by atoms with Gasteiger partial charge in [-0.3, -0.25) is 4.72 Å². The van der Waals surface area contributed by atoms with E-state index in [1.807, 2.05) is 0 Å². The number of benzene rings is 1. The normalized spacial score (nSPS) is 12.3. The van der Waals surface area contributed by atoms with E-state index in [0.717, 1.165) is 0 Å². The highest BCUT2D eigenvalue weighted by molar-refractivity contribution is 7.92. The van der Waals surface area contributed by atoms with Crippen LogP contribution in [0.3, 0.4) is 0 Å². The molecule has 0 spiro atoms. The van der Waals surface area contributed by atoms with Crippen LogP contribution in [-0.2, 0) is 28.3 Å². The average Bonchev–Trinajstić information content (AvgIpc) is 2.77. The van der Waals surface area contributed by atoms with Crippen LogP contribution in [0.4, 0.5) is 36.4 Å². The molecule has 0 bridgehead atoms. The number of sulfonamides is 1. The Bertz CT molecular complexity index is 1280. The van der Waals surface area contributed by atoms with Crippen LogP contribution in [0.1, 0.15) is 37.5 Å². The van der Waals surface area contributed by atoms with E-state index in [0.29, 0.717) is 23.0 Å². The third-order valence-electron chi connectivity index (χ3n) is 4.91. The van der Waals surface area contributed by atoms with Crippen molar-refractivity contribution in [2.45, 2.75) is 39.1 Å². The zero-order valence-electron chi connectivity index (χ0n) is 19.2. The van der Waals surface area contributed by atoms with Gasteiger partial charge in [-0.2, -0.15) is 18.2 Å². The molecular weight excluding hydrogens is 485 g/mol. The number of anilines is 4. The lowest BCUT2D eigenvalue weighted by Gasteiger charge is -2.18. The van der Waals surface area contributed by atoms with Crippen LogP contribution in [0.5, 0.6) is 0 Å². The first kappa shape index (κ1) is 26.2. The maximum atomic E-state index is 13.6. The van der Waals surface area contributed by atoms with Crippen LogP contribution >= 0.6 is 0 Å². The van der Waals surface area contributed by atoms with Crippen LogP contribution in [0.25, 0.3) is 0 Å². The SMILES string of the molecule is CCS(=O)(=O)Nc1ncccc1CNc1nc(Nc2ccc(C(C)(C)O)cc2)ncc1C(F)(F)F. The molecule has 0 fully saturated rings. The number of hydrogen-bond acceptors (Lipinski definition) is 8. The first-order valence-corrected chi connectivity index (χ1v) is 12.2. The molecule has 0 aliphatic rings. The molecule has 0 amide bonds. The second-order valence-electron chi connectivity index (χ2n) is 8.09. The Kier molecular flexibility index (Phi) is 7.50. The van der Waals surface area contributed by atoms with Gasteiger partial charge in [0.05, 0.1) is 11.4 Å². The highest BCUT2D eigenvalue weighted by atomic mass is 32.2. The Morgan fingerprint density at radius 2 is 1.71 bits per heavy atom. The van der Waals surface area contributed by atoms with Crippen molar-refractivity contribution in [3.63, 3.8) is 0 Å². The largest absolute Gasteiger partial charge is 0.421 e. The number of alkyl halides is 3. The van der Waals surface area contributed by atoms with Crippen molar-refractivity contribution in [2.75, 3.05) is 21.1 Å². The molecule has 3 aromatic rings. The summed E-state index contributed by atoms with van der Waals surface area (Å²) in [6.07, 6.45) is -2.70. The topological polar surface area (TPSA) is 129 Å². The van der Waals surface area contributed by atoms with E-state index < -0.39 is 33.2 Å². The number of nitrogens with zero attached hydrogens (tertiary/aromatic N) is 3. The molecule has 9 nitrogen and oxygen atoms in total. The number of halogens is 3. The molecule has 0 atom stereocenters. The molecule has 3 rings (SSSR count). The molecule has 0 saturated heterocycles. The molecule has 2 aromatic heterocycles. The standard InChI is InChI=1S/C22H25F3N6O3S/c1-4-35(33,34)31-18-14(6-5-11-26-18)12-27-19-17(22(23,24)25)13-28-20(30-19)29-16-9-7-15(8-10-16)21(2,3)32/h5-11,13,32H,4,12H2,1-3H3,(H,26,31)(H2,27,28,29,30). The number of nitrogens with one attached hydrogen (secondary N) is 3. The third-order valence-corrected chi connectivity index (χ3v) is 6.18. The third kappa shape index (κ3) is 7.02. The number of rotatable bonds is 9. The average molecular weight is 511 g/mol. The monoisotopic (exact) mass is 510 g/mol. The van der Waals surface area contributed by atoms with Gasteiger partial charge in [0.2, 0.25) is 16.0 Å². The molecule has 0 saturated carbocycles. The molecular formula is C22H25F3N6O3S. The van der Waals surface area contributed by atoms with Crippen molar-refractivity contribution in [1.82, 2.24) is 15.0 Å². The minimum absolute atomic E-state index is 0.00899. The van der Waals surface area contributed by atoms with Gasteiger partial charge in [0.15, 0.2) is 0 Å². The minimum atomic E-state index is -4.73. The van der Waals surface area contributed by atoms with Gasteiger partial charge < -0.3 is 15.7 Å². The first-order chi connectivity index (χ1) is 16.3. The quantitative estimate of drug-likeness (QED) is 0.337. The highest BCUT2D eigenvalue weighted by Gasteiger charge is 2.35. The van der Waals surface area contributed by atoms with E-state index >= 15 is 0 Å². The van der Waals surface area contributed by atoms with Crippen LogP contribution in [-0.4, -0.2) is 34.2 Å². The predicted octanol–water partition coefficient (Wildman–Crippen LogP) is 4.24. The maximum absolute atomic E-state index is 13.6. The summed E-state index contributed by atoms with van der Waals surface area (Å²) >= 11 is 0. The molecule has 0 aliphatic carbocycles. The zero-order chi connectivity index (χ0) is 25.9. The Morgan fingerprint density at radius 1 is 1.03 bits per heavy atom. The molecule has 4 N–H and O–H groups in total. The summed E-state index contributed by atoms with van der Waals surface area (Å²) in [6, 6.07) is 9.70. The van der Waals surface area contributed by atoms with Gasteiger partial charge in [-0.15, -0.1) is 0 Å². The first-order valence-electron chi connectivity index (χ1n) is 10.5. The molecule has 1 aromatic carbocycles. The van der Waals surface area contributed by atoms with E-state index in [1.54, 1.807) is 38.1 Å². The van der Waals surface area contributed by atoms with Crippen LogP contribution in [0, 0.1) is 0 Å². The smallest absolute Gasteiger partial charge is 0.386 e. The molecule has 13 heteroatoms. The van der Waals surface area contributed by atoms with Gasteiger partial charge in [-0.05, 0) is 44.5 Å². The molecule has 188 valence electrons. The molecule has 35 heavy (non-hydrogen) atoms. The van der Waals surface area contributed by atoms with E-state index in [2.05, 4.69) is 30.3 Å². The summed E-state index contributed by atoms with van der Waals surface area (Å²) in [4.78, 5) is 11.7. The van der Waals surface area contributed by atoms with Gasteiger partial charge in [-0.1, -0.05) is 18.2 Å². The van der Waals surface area contributed by atoms with Crippen molar-refractivity contribution in [3.8, 4) is 0 Å². The van der Waals surface area contributed by atoms with E-state index in [-0.39, 0.29) is 24.1 Å². The summed E-state index contributed by atoms with van der Waals surface area (Å²) in [7, 11) is -3.63. The maximum Gasteiger partial charge on any atom is 0.421 e. The summed E-state index contributed by atoms with van der Waals surface area (Å²) in [5, 5.41) is 15.5. The summed E-state index contributed by atoms with van der Waals surface area (Å²) in [6.45, 7) is 4.53. The lowest BCUT2D eigenvalue weighted by Crippen LogP contribution is -2.18. The Balaban J connectivity index is 1.86. The minimum Gasteiger partial charge on any atom is -0.386 e. The molecule has 0 unspecified atom stereocenters. The van der Waals surface area contributed by atoms with Gasteiger partial charge in [0.1, 0.15) is 17.2 Å². The molecule has 0 radical (unpaired) electrons. The van der Waals surface area contributed by atoms with Gasteiger partial charge in [0.25, 0.3) is 0 Å². The van der Waals surface area contributed by atoms with Gasteiger partial charge in [-0.25, -0.2) is 18.4 Å². The van der Waals surface area contributed by atoms with E-state index in [4.69, 9.17) is 0 Å². The van der Waals surface area contributed by atoms with Crippen LogP contribution < -0.4 is 15.4 Å². The van der Waals surface area contributed by atoms with Crippen molar-refractivity contribution >= 4 is 33.3 Å². The van der Waals surface area contributed by atoms with Crippen molar-refractivity contribution in [1.29, 1.82) is 0 Å². The summed E-state index contributed by atoms with van der Waals surface area (Å²) in [5.41, 5.74) is -0.637. The molecule has 2 heterocycles. The van der Waals surface area contributed by atoms with Crippen molar-refractivity contribution in [3.05, 3.63) is 65.5 Å². The summed E-state index contributed by atoms with van der Waals surface area (Å²) < 4.78 is 66.8. The number of hydrogen-bond donors (Lipinski definition) is 4. The second-order valence-corrected chi connectivity index (χ2v) is 10.1. The fourth-order valence-electron chi connectivity index (χ4n) is 2.95. The number of pyridine rings is 1. The Hall–Kier alpha value is -3.45. The van der Waals surface area contributed by atoms with Crippen LogP contribution in [0.2, 0.25) is 0 Å². The number of aliphatic hydroxyl groups is 1. The summed E-state index contributed by atoms with van der Waals surface area (Å²) in [5.74, 6) is -0.757. The van der Waals surface area contributed by atoms with Crippen LogP contribution in [0.15, 0.2) is 48.8 Å². The van der Waals surface area contributed by atoms with Gasteiger partial charge in [0, 0.05) is 30.2 Å². The Morgan fingerprint density at radius 3 is 2.31 bits per heavy atom. The van der Waals surface area contributed by atoms with Crippen molar-refractivity contribution in [2.24, 2.45) is 0 Å². The zero-order valence-corrected chi connectivity index (χ0v) is 20.0. The highest BCUT2D eigenvalue weighted by Crippen LogP contribution is 2.34. The van der Waals surface area contributed by atoms with Crippen molar-refractivity contribution < 1.29 is 26.7 Å². The fraction of sp³-hybridized carbons (Fsp3) is 0.318. The fourth-order valence-corrected chi connectivity index (χ4v) is 3.57. The van der Waals surface area contributed by atoms with E-state index in [1.165, 1.54) is 25.3 Å².